The van der Waals surface area contributed by atoms with Crippen molar-refractivity contribution in [1.82, 2.24) is 0 Å². The molecular formula is C14H20O. The molecular weight excluding hydrogens is 184 g/mol. The monoisotopic (exact) mass is 204 g/mol. The van der Waals surface area contributed by atoms with Crippen LogP contribution in [0.25, 0.3) is 0 Å². The summed E-state index contributed by atoms with van der Waals surface area (Å²) in [6.45, 7) is 2.46. The van der Waals surface area contributed by atoms with Crippen molar-refractivity contribution in [3.8, 4) is 0 Å². The van der Waals surface area contributed by atoms with Gasteiger partial charge in [-0.1, -0.05) is 42.7 Å². The molecule has 1 aromatic carbocycles. The van der Waals surface area contributed by atoms with Crippen LogP contribution in [-0.2, 0) is 6.42 Å². The minimum absolute atomic E-state index is 0.190. The maximum atomic E-state index is 9.53. The summed E-state index contributed by atoms with van der Waals surface area (Å²) in [4.78, 5) is 0. The molecule has 15 heavy (non-hydrogen) atoms. The zero-order chi connectivity index (χ0) is 10.7. The Morgan fingerprint density at radius 3 is 2.27 bits per heavy atom. The summed E-state index contributed by atoms with van der Waals surface area (Å²) < 4.78 is 0. The Balaban J connectivity index is 2.09. The van der Waals surface area contributed by atoms with Crippen LogP contribution in [0.15, 0.2) is 24.3 Å². The first-order valence-electron chi connectivity index (χ1n) is 5.91. The third kappa shape index (κ3) is 2.40. The molecule has 0 atom stereocenters. The molecule has 1 nitrogen and oxygen atoms in total. The van der Waals surface area contributed by atoms with Gasteiger partial charge in [-0.25, -0.2) is 0 Å². The van der Waals surface area contributed by atoms with E-state index < -0.39 is 0 Å². The molecule has 0 saturated heterocycles. The minimum Gasteiger partial charge on any atom is -0.396 e. The number of aliphatic hydroxyl groups is 1. The summed E-state index contributed by atoms with van der Waals surface area (Å²) >= 11 is 0. The van der Waals surface area contributed by atoms with Gasteiger partial charge in [-0.3, -0.25) is 0 Å². The zero-order valence-electron chi connectivity index (χ0n) is 9.50. The second kappa shape index (κ2) is 4.36. The van der Waals surface area contributed by atoms with Gasteiger partial charge in [0.2, 0.25) is 0 Å². The highest BCUT2D eigenvalue weighted by molar-refractivity contribution is 5.22. The van der Waals surface area contributed by atoms with Crippen LogP contribution in [0.4, 0.5) is 0 Å². The van der Waals surface area contributed by atoms with Gasteiger partial charge in [0.05, 0.1) is 0 Å². The molecule has 1 aliphatic carbocycles. The van der Waals surface area contributed by atoms with Gasteiger partial charge in [0.25, 0.3) is 0 Å². The van der Waals surface area contributed by atoms with Gasteiger partial charge in [-0.15, -0.1) is 0 Å². The predicted octanol–water partition coefficient (Wildman–Crippen LogP) is 3.09. The molecule has 0 amide bonds. The van der Waals surface area contributed by atoms with E-state index in [9.17, 15) is 5.11 Å². The highest BCUT2D eigenvalue weighted by Gasteiger charge is 2.32. The van der Waals surface area contributed by atoms with Crippen LogP contribution < -0.4 is 0 Å². The van der Waals surface area contributed by atoms with Crippen LogP contribution in [0.1, 0.15) is 36.8 Å². The van der Waals surface area contributed by atoms with Gasteiger partial charge in [-0.05, 0) is 37.2 Å². The van der Waals surface area contributed by atoms with E-state index in [1.807, 2.05) is 0 Å². The first-order chi connectivity index (χ1) is 7.24. The van der Waals surface area contributed by atoms with Crippen molar-refractivity contribution in [3.05, 3.63) is 35.4 Å². The molecule has 0 aliphatic heterocycles. The van der Waals surface area contributed by atoms with Gasteiger partial charge in [-0.2, -0.15) is 0 Å². The van der Waals surface area contributed by atoms with Crippen LogP contribution in [0.2, 0.25) is 0 Å². The van der Waals surface area contributed by atoms with Crippen molar-refractivity contribution in [3.63, 3.8) is 0 Å². The molecule has 1 aromatic rings. The quantitative estimate of drug-likeness (QED) is 0.802. The average Bonchev–Trinajstić information content (AvgIpc) is 2.71. The van der Waals surface area contributed by atoms with Gasteiger partial charge < -0.3 is 5.11 Å². The Labute approximate surface area is 92.1 Å². The SMILES string of the molecule is Cc1ccc(CC2(CO)CCCC2)cc1. The standard InChI is InChI=1S/C14H20O/c1-12-4-6-13(7-5-12)10-14(11-15)8-2-3-9-14/h4-7,15H,2-3,8-11H2,1H3. The molecule has 1 fully saturated rings. The predicted molar refractivity (Wildman–Crippen MR) is 62.9 cm³/mol. The fourth-order valence-electron chi connectivity index (χ4n) is 2.65. The van der Waals surface area contributed by atoms with Crippen LogP contribution in [-0.4, -0.2) is 11.7 Å². The third-order valence-electron chi connectivity index (χ3n) is 3.70. The van der Waals surface area contributed by atoms with Crippen molar-refractivity contribution in [2.24, 2.45) is 5.41 Å². The summed E-state index contributed by atoms with van der Waals surface area (Å²) in [6, 6.07) is 8.72. The molecule has 1 saturated carbocycles. The molecule has 0 bridgehead atoms. The Morgan fingerprint density at radius 2 is 1.73 bits per heavy atom. The summed E-state index contributed by atoms with van der Waals surface area (Å²) in [5.74, 6) is 0. The molecule has 82 valence electrons. The lowest BCUT2D eigenvalue weighted by Gasteiger charge is -2.26. The second-order valence-electron chi connectivity index (χ2n) is 5.03. The first-order valence-corrected chi connectivity index (χ1v) is 5.91. The van der Waals surface area contributed by atoms with E-state index in [-0.39, 0.29) is 5.41 Å². The summed E-state index contributed by atoms with van der Waals surface area (Å²) in [6.07, 6.45) is 6.00. The number of aliphatic hydroxyl groups excluding tert-OH is 1. The van der Waals surface area contributed by atoms with Gasteiger partial charge in [0.15, 0.2) is 0 Å². The Hall–Kier alpha value is -0.820. The second-order valence-corrected chi connectivity index (χ2v) is 5.03. The van der Waals surface area contributed by atoms with Crippen molar-refractivity contribution >= 4 is 0 Å². The van der Waals surface area contributed by atoms with E-state index in [1.54, 1.807) is 0 Å². The normalized spacial score (nSPS) is 19.3. The van der Waals surface area contributed by atoms with Crippen LogP contribution in [0.3, 0.4) is 0 Å². The van der Waals surface area contributed by atoms with E-state index in [1.165, 1.54) is 36.8 Å². The van der Waals surface area contributed by atoms with Crippen molar-refractivity contribution in [1.29, 1.82) is 0 Å². The van der Waals surface area contributed by atoms with Crippen molar-refractivity contribution < 1.29 is 5.11 Å². The Bertz CT molecular complexity index is 307. The molecule has 0 heterocycles. The van der Waals surface area contributed by atoms with E-state index >= 15 is 0 Å². The molecule has 1 aliphatic rings. The fourth-order valence-corrected chi connectivity index (χ4v) is 2.65. The summed E-state index contributed by atoms with van der Waals surface area (Å²) in [7, 11) is 0. The molecule has 2 rings (SSSR count). The van der Waals surface area contributed by atoms with Crippen molar-refractivity contribution in [2.45, 2.75) is 39.0 Å². The maximum Gasteiger partial charge on any atom is 0.0490 e. The van der Waals surface area contributed by atoms with Crippen LogP contribution in [0.5, 0.6) is 0 Å². The van der Waals surface area contributed by atoms with E-state index in [2.05, 4.69) is 31.2 Å². The van der Waals surface area contributed by atoms with Crippen LogP contribution >= 0.6 is 0 Å². The molecule has 1 heteroatoms. The number of aryl methyl sites for hydroxylation is 1. The number of hydrogen-bond donors (Lipinski definition) is 1. The average molecular weight is 204 g/mol. The lowest BCUT2D eigenvalue weighted by atomic mass is 9.81. The lowest BCUT2D eigenvalue weighted by molar-refractivity contribution is 0.130. The smallest absolute Gasteiger partial charge is 0.0490 e. The van der Waals surface area contributed by atoms with Gasteiger partial charge >= 0.3 is 0 Å². The Kier molecular flexibility index (Phi) is 3.11. The number of rotatable bonds is 3. The largest absolute Gasteiger partial charge is 0.396 e. The summed E-state index contributed by atoms with van der Waals surface area (Å²) in [5.41, 5.74) is 2.87. The van der Waals surface area contributed by atoms with E-state index in [4.69, 9.17) is 0 Å². The highest BCUT2D eigenvalue weighted by Crippen LogP contribution is 2.40. The fraction of sp³-hybridized carbons (Fsp3) is 0.571. The Morgan fingerprint density at radius 1 is 1.13 bits per heavy atom. The summed E-state index contributed by atoms with van der Waals surface area (Å²) in [5, 5.41) is 9.53. The van der Waals surface area contributed by atoms with Crippen molar-refractivity contribution in [2.75, 3.05) is 6.61 Å². The molecule has 0 spiro atoms. The molecule has 0 unspecified atom stereocenters. The van der Waals surface area contributed by atoms with Gasteiger partial charge in [0.1, 0.15) is 0 Å². The molecule has 0 aromatic heterocycles. The van der Waals surface area contributed by atoms with Crippen LogP contribution in [0, 0.1) is 12.3 Å². The highest BCUT2D eigenvalue weighted by atomic mass is 16.3. The maximum absolute atomic E-state index is 9.53. The lowest BCUT2D eigenvalue weighted by Crippen LogP contribution is -2.24. The zero-order valence-corrected chi connectivity index (χ0v) is 9.50. The molecule has 1 N–H and O–H groups in total. The first kappa shape index (κ1) is 10.7. The number of benzene rings is 1. The number of hydrogen-bond acceptors (Lipinski definition) is 1. The van der Waals surface area contributed by atoms with E-state index in [0.29, 0.717) is 6.61 Å². The third-order valence-corrected chi connectivity index (χ3v) is 3.70. The molecule has 0 radical (unpaired) electrons. The minimum atomic E-state index is 0.190. The van der Waals surface area contributed by atoms with E-state index in [0.717, 1.165) is 6.42 Å². The topological polar surface area (TPSA) is 20.2 Å². The van der Waals surface area contributed by atoms with Gasteiger partial charge in [0, 0.05) is 6.61 Å².